The molecule has 0 aromatic heterocycles. The second kappa shape index (κ2) is 5.91. The van der Waals surface area contributed by atoms with Crippen LogP contribution in [-0.4, -0.2) is 35.8 Å². The molecule has 3 aliphatic rings. The van der Waals surface area contributed by atoms with Gasteiger partial charge in [-0.2, -0.15) is 0 Å². The molecule has 1 aliphatic carbocycles. The maximum Gasteiger partial charge on any atom is 0.231 e. The zero-order valence-electron chi connectivity index (χ0n) is 14.6. The summed E-state index contributed by atoms with van der Waals surface area (Å²) in [5.41, 5.74) is 2.28. The zero-order chi connectivity index (χ0) is 16.8. The number of para-hydroxylation sites is 1. The van der Waals surface area contributed by atoms with Crippen LogP contribution in [0.3, 0.4) is 0 Å². The fourth-order valence-corrected chi connectivity index (χ4v) is 4.44. The third-order valence-corrected chi connectivity index (χ3v) is 5.84. The van der Waals surface area contributed by atoms with Crippen LogP contribution in [-0.2, 0) is 16.0 Å². The van der Waals surface area contributed by atoms with Crippen LogP contribution >= 0.6 is 0 Å². The van der Waals surface area contributed by atoms with Crippen LogP contribution in [0.1, 0.15) is 38.7 Å². The van der Waals surface area contributed by atoms with E-state index in [0.717, 1.165) is 38.0 Å². The van der Waals surface area contributed by atoms with Crippen molar-refractivity contribution < 1.29 is 9.59 Å². The Labute approximate surface area is 143 Å². The molecule has 2 heterocycles. The smallest absolute Gasteiger partial charge is 0.231 e. The van der Waals surface area contributed by atoms with Gasteiger partial charge in [-0.1, -0.05) is 25.1 Å². The van der Waals surface area contributed by atoms with Gasteiger partial charge in [-0.3, -0.25) is 9.59 Å². The molecule has 1 aromatic carbocycles. The number of anilines is 1. The summed E-state index contributed by atoms with van der Waals surface area (Å²) in [6, 6.07) is 8.34. The van der Waals surface area contributed by atoms with Gasteiger partial charge in [0, 0.05) is 24.8 Å². The van der Waals surface area contributed by atoms with Crippen molar-refractivity contribution in [2.45, 2.75) is 45.6 Å². The fourth-order valence-electron chi connectivity index (χ4n) is 4.44. The van der Waals surface area contributed by atoms with Crippen LogP contribution in [0.15, 0.2) is 24.3 Å². The summed E-state index contributed by atoms with van der Waals surface area (Å²) in [4.78, 5) is 29.6. The van der Waals surface area contributed by atoms with Gasteiger partial charge in [0.15, 0.2) is 0 Å². The van der Waals surface area contributed by atoms with Gasteiger partial charge in [-0.15, -0.1) is 0 Å². The molecule has 1 aromatic rings. The summed E-state index contributed by atoms with van der Waals surface area (Å²) in [5, 5.41) is 0. The minimum absolute atomic E-state index is 0.0808. The van der Waals surface area contributed by atoms with Gasteiger partial charge >= 0.3 is 0 Å². The predicted molar refractivity (Wildman–Crippen MR) is 93.7 cm³/mol. The van der Waals surface area contributed by atoms with Crippen LogP contribution < -0.4 is 4.90 Å². The molecular weight excluding hydrogens is 300 g/mol. The molecule has 0 bridgehead atoms. The van der Waals surface area contributed by atoms with Crippen LogP contribution in [0.5, 0.6) is 0 Å². The number of carbonyl (C=O) groups is 2. The molecule has 4 rings (SSSR count). The molecule has 2 fully saturated rings. The Kier molecular flexibility index (Phi) is 3.86. The van der Waals surface area contributed by atoms with Crippen molar-refractivity contribution in [3.8, 4) is 0 Å². The summed E-state index contributed by atoms with van der Waals surface area (Å²) in [5.74, 6) is 0.753. The highest BCUT2D eigenvalue weighted by molar-refractivity contribution is 6.02. The van der Waals surface area contributed by atoms with Gasteiger partial charge in [0.05, 0.1) is 11.8 Å². The topological polar surface area (TPSA) is 40.6 Å². The molecule has 128 valence electrons. The third-order valence-electron chi connectivity index (χ3n) is 5.84. The monoisotopic (exact) mass is 326 g/mol. The van der Waals surface area contributed by atoms with Gasteiger partial charge in [-0.25, -0.2) is 0 Å². The van der Waals surface area contributed by atoms with Gasteiger partial charge in [0.25, 0.3) is 0 Å². The van der Waals surface area contributed by atoms with Gasteiger partial charge < -0.3 is 9.80 Å². The van der Waals surface area contributed by atoms with E-state index in [1.165, 1.54) is 12.0 Å². The van der Waals surface area contributed by atoms with Gasteiger partial charge in [-0.05, 0) is 50.2 Å². The third kappa shape index (κ3) is 2.62. The summed E-state index contributed by atoms with van der Waals surface area (Å²) < 4.78 is 0. The van der Waals surface area contributed by atoms with Crippen molar-refractivity contribution in [1.82, 2.24) is 4.90 Å². The lowest BCUT2D eigenvalue weighted by molar-refractivity contribution is -0.136. The van der Waals surface area contributed by atoms with Crippen LogP contribution in [0.25, 0.3) is 0 Å². The minimum Gasteiger partial charge on any atom is -0.342 e. The first-order valence-electron chi connectivity index (χ1n) is 9.26. The van der Waals surface area contributed by atoms with Crippen molar-refractivity contribution in [2.24, 2.45) is 17.8 Å². The Morgan fingerprint density at radius 3 is 2.62 bits per heavy atom. The van der Waals surface area contributed by atoms with Crippen molar-refractivity contribution in [1.29, 1.82) is 0 Å². The van der Waals surface area contributed by atoms with Crippen molar-refractivity contribution in [2.75, 3.05) is 18.0 Å². The van der Waals surface area contributed by atoms with E-state index in [9.17, 15) is 9.59 Å². The first-order valence-corrected chi connectivity index (χ1v) is 9.26. The van der Waals surface area contributed by atoms with E-state index >= 15 is 0 Å². The van der Waals surface area contributed by atoms with E-state index in [1.807, 2.05) is 28.0 Å². The Morgan fingerprint density at radius 1 is 1.08 bits per heavy atom. The number of carbonyl (C=O) groups excluding carboxylic acids is 2. The molecule has 4 nitrogen and oxygen atoms in total. The lowest BCUT2D eigenvalue weighted by Crippen LogP contribution is -2.42. The first kappa shape index (κ1) is 15.7. The van der Waals surface area contributed by atoms with Crippen molar-refractivity contribution >= 4 is 17.5 Å². The maximum atomic E-state index is 13.0. The van der Waals surface area contributed by atoms with Crippen LogP contribution in [0.4, 0.5) is 5.69 Å². The SMILES string of the molecule is CC1CCCN(C(=O)C2CC2C(=O)N2c3ccccc3CC2C)C1. The summed E-state index contributed by atoms with van der Waals surface area (Å²) >= 11 is 0. The van der Waals surface area contributed by atoms with E-state index in [1.54, 1.807) is 0 Å². The van der Waals surface area contributed by atoms with E-state index in [0.29, 0.717) is 5.92 Å². The highest BCUT2D eigenvalue weighted by Gasteiger charge is 2.52. The summed E-state index contributed by atoms with van der Waals surface area (Å²) in [6.45, 7) is 6.03. The highest BCUT2D eigenvalue weighted by atomic mass is 16.2. The largest absolute Gasteiger partial charge is 0.342 e. The normalized spacial score (nSPS) is 31.8. The molecule has 24 heavy (non-hydrogen) atoms. The molecule has 4 heteroatoms. The van der Waals surface area contributed by atoms with E-state index in [4.69, 9.17) is 0 Å². The number of hydrogen-bond acceptors (Lipinski definition) is 2. The first-order chi connectivity index (χ1) is 11.6. The number of hydrogen-bond donors (Lipinski definition) is 0. The number of piperidine rings is 1. The van der Waals surface area contributed by atoms with Gasteiger partial charge in [0.1, 0.15) is 0 Å². The molecule has 4 unspecified atom stereocenters. The molecular formula is C20H26N2O2. The lowest BCUT2D eigenvalue weighted by Gasteiger charge is -2.31. The number of nitrogens with zero attached hydrogens (tertiary/aromatic N) is 2. The molecule has 2 aliphatic heterocycles. The fraction of sp³-hybridized carbons (Fsp3) is 0.600. The second-order valence-electron chi connectivity index (χ2n) is 7.87. The maximum absolute atomic E-state index is 13.0. The molecule has 0 spiro atoms. The van der Waals surface area contributed by atoms with E-state index < -0.39 is 0 Å². The molecule has 0 N–H and O–H groups in total. The molecule has 0 radical (unpaired) electrons. The van der Waals surface area contributed by atoms with Gasteiger partial charge in [0.2, 0.25) is 11.8 Å². The molecule has 2 amide bonds. The molecule has 1 saturated carbocycles. The van der Waals surface area contributed by atoms with E-state index in [2.05, 4.69) is 19.9 Å². The predicted octanol–water partition coefficient (Wildman–Crippen LogP) is 2.86. The highest BCUT2D eigenvalue weighted by Crippen LogP contribution is 2.45. The zero-order valence-corrected chi connectivity index (χ0v) is 14.6. The standard InChI is InChI=1S/C20H26N2O2/c1-13-6-5-9-21(12-13)19(23)16-11-17(16)20(24)22-14(2)10-15-7-3-4-8-18(15)22/h3-4,7-8,13-14,16-17H,5-6,9-12H2,1-2H3. The average Bonchev–Trinajstić information content (AvgIpc) is 3.30. The minimum atomic E-state index is -0.108. The quantitative estimate of drug-likeness (QED) is 0.838. The Bertz CT molecular complexity index is 671. The Hall–Kier alpha value is -1.84. The number of rotatable bonds is 2. The van der Waals surface area contributed by atoms with Crippen LogP contribution in [0.2, 0.25) is 0 Å². The lowest BCUT2D eigenvalue weighted by atomic mass is 10.00. The molecule has 4 atom stereocenters. The van der Waals surface area contributed by atoms with E-state index in [-0.39, 0.29) is 29.7 Å². The Morgan fingerprint density at radius 2 is 1.83 bits per heavy atom. The number of likely N-dealkylation sites (tertiary alicyclic amines) is 1. The van der Waals surface area contributed by atoms with Crippen molar-refractivity contribution in [3.05, 3.63) is 29.8 Å². The number of benzene rings is 1. The summed E-state index contributed by atoms with van der Waals surface area (Å²) in [6.07, 6.45) is 3.94. The average molecular weight is 326 g/mol. The number of fused-ring (bicyclic) bond motifs is 1. The Balaban J connectivity index is 1.45. The summed E-state index contributed by atoms with van der Waals surface area (Å²) in [7, 11) is 0. The van der Waals surface area contributed by atoms with Crippen LogP contribution in [0, 0.1) is 17.8 Å². The van der Waals surface area contributed by atoms with Crippen molar-refractivity contribution in [3.63, 3.8) is 0 Å². The second-order valence-corrected chi connectivity index (χ2v) is 7.87. The molecule has 1 saturated heterocycles. The number of amides is 2.